The SMILES string of the molecule is COc1cccc(-c2csc(Cn3c(=O)sc4ccc(Cl)cc43)n2)c1. The summed E-state index contributed by atoms with van der Waals surface area (Å²) in [6.07, 6.45) is 0. The number of ether oxygens (including phenoxy) is 1. The van der Waals surface area contributed by atoms with Gasteiger partial charge in [0.25, 0.3) is 0 Å². The highest BCUT2D eigenvalue weighted by atomic mass is 35.5. The number of methoxy groups -OCH3 is 1. The highest BCUT2D eigenvalue weighted by Crippen LogP contribution is 2.27. The Bertz CT molecular complexity index is 1110. The van der Waals surface area contributed by atoms with Crippen LogP contribution < -0.4 is 9.61 Å². The lowest BCUT2D eigenvalue weighted by Gasteiger charge is -2.02. The van der Waals surface area contributed by atoms with Crippen LogP contribution in [-0.4, -0.2) is 16.7 Å². The van der Waals surface area contributed by atoms with Gasteiger partial charge in [-0.05, 0) is 30.3 Å². The third-order valence-electron chi connectivity index (χ3n) is 3.84. The van der Waals surface area contributed by atoms with Crippen LogP contribution in [0.4, 0.5) is 0 Å². The molecule has 0 fully saturated rings. The molecule has 0 radical (unpaired) electrons. The quantitative estimate of drug-likeness (QED) is 0.499. The average molecular weight is 389 g/mol. The van der Waals surface area contributed by atoms with Gasteiger partial charge in [-0.2, -0.15) is 0 Å². The number of fused-ring (bicyclic) bond motifs is 1. The first-order valence-corrected chi connectivity index (χ1v) is 9.59. The van der Waals surface area contributed by atoms with E-state index in [-0.39, 0.29) is 4.87 Å². The van der Waals surface area contributed by atoms with Gasteiger partial charge in [-0.25, -0.2) is 4.98 Å². The van der Waals surface area contributed by atoms with Crippen molar-refractivity contribution in [3.8, 4) is 17.0 Å². The van der Waals surface area contributed by atoms with E-state index < -0.39 is 0 Å². The van der Waals surface area contributed by atoms with Gasteiger partial charge >= 0.3 is 4.87 Å². The fourth-order valence-corrected chi connectivity index (χ4v) is 4.45. The second-order valence-corrected chi connectivity index (χ2v) is 7.80. The molecule has 2 aromatic heterocycles. The van der Waals surface area contributed by atoms with Crippen molar-refractivity contribution in [3.63, 3.8) is 0 Å². The smallest absolute Gasteiger partial charge is 0.308 e. The highest BCUT2D eigenvalue weighted by Gasteiger charge is 2.12. The first-order valence-electron chi connectivity index (χ1n) is 7.52. The summed E-state index contributed by atoms with van der Waals surface area (Å²) in [4.78, 5) is 17.0. The van der Waals surface area contributed by atoms with E-state index in [1.807, 2.05) is 41.8 Å². The van der Waals surface area contributed by atoms with Gasteiger partial charge < -0.3 is 4.74 Å². The molecule has 126 valence electrons. The van der Waals surface area contributed by atoms with Crippen molar-refractivity contribution in [3.05, 3.63) is 67.5 Å². The summed E-state index contributed by atoms with van der Waals surface area (Å²) in [5.41, 5.74) is 2.72. The summed E-state index contributed by atoms with van der Waals surface area (Å²) >= 11 is 8.84. The molecular weight excluding hydrogens is 376 g/mol. The van der Waals surface area contributed by atoms with E-state index in [0.29, 0.717) is 11.6 Å². The Morgan fingerprint density at radius 2 is 2.12 bits per heavy atom. The minimum absolute atomic E-state index is 0.00426. The Labute approximate surface area is 156 Å². The molecule has 0 saturated carbocycles. The molecule has 0 unspecified atom stereocenters. The van der Waals surface area contributed by atoms with Crippen molar-refractivity contribution >= 4 is 44.5 Å². The van der Waals surface area contributed by atoms with Gasteiger partial charge in [-0.3, -0.25) is 9.36 Å². The maximum absolute atomic E-state index is 12.3. The van der Waals surface area contributed by atoms with Gasteiger partial charge in [0, 0.05) is 16.0 Å². The van der Waals surface area contributed by atoms with E-state index in [4.69, 9.17) is 16.3 Å². The number of halogens is 1. The van der Waals surface area contributed by atoms with Gasteiger partial charge in [-0.15, -0.1) is 11.3 Å². The second kappa shape index (κ2) is 6.63. The number of rotatable bonds is 4. The van der Waals surface area contributed by atoms with Crippen molar-refractivity contribution in [2.75, 3.05) is 7.11 Å². The molecule has 0 atom stereocenters. The van der Waals surface area contributed by atoms with Crippen LogP contribution in [0.25, 0.3) is 21.5 Å². The predicted molar refractivity (Wildman–Crippen MR) is 104 cm³/mol. The molecule has 4 nitrogen and oxygen atoms in total. The number of benzene rings is 2. The first-order chi connectivity index (χ1) is 12.1. The molecule has 0 aliphatic rings. The monoisotopic (exact) mass is 388 g/mol. The Kier molecular flexibility index (Phi) is 4.33. The summed E-state index contributed by atoms with van der Waals surface area (Å²) in [5, 5.41) is 3.49. The van der Waals surface area contributed by atoms with E-state index in [1.165, 1.54) is 22.7 Å². The molecule has 0 spiro atoms. The first kappa shape index (κ1) is 16.3. The van der Waals surface area contributed by atoms with E-state index in [9.17, 15) is 4.79 Å². The number of hydrogen-bond donors (Lipinski definition) is 0. The molecule has 2 aromatic carbocycles. The van der Waals surface area contributed by atoms with Crippen LogP contribution in [0.3, 0.4) is 0 Å². The van der Waals surface area contributed by atoms with Crippen molar-refractivity contribution < 1.29 is 4.74 Å². The van der Waals surface area contributed by atoms with Gasteiger partial charge in [0.1, 0.15) is 10.8 Å². The molecule has 2 heterocycles. The largest absolute Gasteiger partial charge is 0.497 e. The van der Waals surface area contributed by atoms with E-state index in [0.717, 1.165) is 32.2 Å². The Hall–Kier alpha value is -2.15. The topological polar surface area (TPSA) is 44.1 Å². The van der Waals surface area contributed by atoms with Gasteiger partial charge in [-0.1, -0.05) is 35.1 Å². The van der Waals surface area contributed by atoms with Crippen LogP contribution in [0.15, 0.2) is 52.6 Å². The lowest BCUT2D eigenvalue weighted by molar-refractivity contribution is 0.415. The van der Waals surface area contributed by atoms with Gasteiger partial charge in [0.05, 0.1) is 29.6 Å². The summed E-state index contributed by atoms with van der Waals surface area (Å²) in [5.74, 6) is 0.793. The van der Waals surface area contributed by atoms with Crippen LogP contribution in [0.2, 0.25) is 5.02 Å². The van der Waals surface area contributed by atoms with E-state index >= 15 is 0 Å². The predicted octanol–water partition coefficient (Wildman–Crippen LogP) is 4.90. The summed E-state index contributed by atoms with van der Waals surface area (Å²) in [7, 11) is 1.64. The molecular formula is C18H13ClN2O2S2. The molecule has 0 bridgehead atoms. The van der Waals surface area contributed by atoms with Gasteiger partial charge in [0.15, 0.2) is 0 Å². The molecule has 0 aliphatic carbocycles. The molecule has 4 aromatic rings. The van der Waals surface area contributed by atoms with Crippen molar-refractivity contribution in [2.24, 2.45) is 0 Å². The Morgan fingerprint density at radius 3 is 2.96 bits per heavy atom. The summed E-state index contributed by atoms with van der Waals surface area (Å²) in [6, 6.07) is 13.3. The van der Waals surface area contributed by atoms with E-state index in [2.05, 4.69) is 4.98 Å². The third-order valence-corrected chi connectivity index (χ3v) is 5.87. The van der Waals surface area contributed by atoms with Gasteiger partial charge in [0.2, 0.25) is 0 Å². The Balaban J connectivity index is 1.69. The van der Waals surface area contributed by atoms with Crippen LogP contribution in [0.1, 0.15) is 5.01 Å². The normalized spacial score (nSPS) is 11.1. The van der Waals surface area contributed by atoms with Crippen molar-refractivity contribution in [1.82, 2.24) is 9.55 Å². The molecule has 4 rings (SSSR count). The molecule has 0 saturated heterocycles. The fourth-order valence-electron chi connectivity index (χ4n) is 2.62. The zero-order chi connectivity index (χ0) is 17.4. The second-order valence-electron chi connectivity index (χ2n) is 5.42. The standard InChI is InChI=1S/C18H13ClN2O2S2/c1-23-13-4-2-3-11(7-13)14-10-24-17(20-14)9-21-15-8-12(19)5-6-16(15)25-18(21)22/h2-8,10H,9H2,1H3. The van der Waals surface area contributed by atoms with Crippen LogP contribution >= 0.6 is 34.3 Å². The van der Waals surface area contributed by atoms with Crippen molar-refractivity contribution in [2.45, 2.75) is 6.54 Å². The number of thiazole rings is 2. The minimum Gasteiger partial charge on any atom is -0.497 e. The third kappa shape index (κ3) is 3.20. The highest BCUT2D eigenvalue weighted by molar-refractivity contribution is 7.16. The van der Waals surface area contributed by atoms with Crippen LogP contribution in [0.5, 0.6) is 5.75 Å². The average Bonchev–Trinajstić information content (AvgIpc) is 3.21. The zero-order valence-electron chi connectivity index (χ0n) is 13.2. The maximum Gasteiger partial charge on any atom is 0.308 e. The Morgan fingerprint density at radius 1 is 1.24 bits per heavy atom. The fraction of sp³-hybridized carbons (Fsp3) is 0.111. The molecule has 0 aliphatic heterocycles. The lowest BCUT2D eigenvalue weighted by atomic mass is 10.2. The number of aromatic nitrogens is 2. The van der Waals surface area contributed by atoms with E-state index in [1.54, 1.807) is 17.7 Å². The van der Waals surface area contributed by atoms with Crippen molar-refractivity contribution in [1.29, 1.82) is 0 Å². The molecule has 0 N–H and O–H groups in total. The molecule has 25 heavy (non-hydrogen) atoms. The minimum atomic E-state index is -0.00426. The summed E-state index contributed by atoms with van der Waals surface area (Å²) in [6.45, 7) is 0.438. The zero-order valence-corrected chi connectivity index (χ0v) is 15.6. The van der Waals surface area contributed by atoms with Crippen LogP contribution in [0, 0.1) is 0 Å². The molecule has 7 heteroatoms. The summed E-state index contributed by atoms with van der Waals surface area (Å²) < 4.78 is 7.91. The molecule has 0 amide bonds. The number of nitrogens with zero attached hydrogens (tertiary/aromatic N) is 2. The lowest BCUT2D eigenvalue weighted by Crippen LogP contribution is -2.13. The van der Waals surface area contributed by atoms with Crippen LogP contribution in [-0.2, 0) is 6.54 Å². The maximum atomic E-state index is 12.3. The number of hydrogen-bond acceptors (Lipinski definition) is 5.